The molecule has 2 aromatic rings. The Morgan fingerprint density at radius 2 is 2.13 bits per heavy atom. The first-order valence-electron chi connectivity index (χ1n) is 3.69. The Hall–Kier alpha value is 0.410. The summed E-state index contributed by atoms with van der Waals surface area (Å²) >= 11 is 2.84. The quantitative estimate of drug-likeness (QED) is 0.616. The van der Waals surface area contributed by atoms with Crippen molar-refractivity contribution >= 4 is 66.5 Å². The molecule has 7 heteroatoms. The number of aromatic nitrogens is 3. The number of thioether (sulfide) groups is 1. The summed E-state index contributed by atoms with van der Waals surface area (Å²) < 4.78 is 8.40. The Morgan fingerprint density at radius 3 is 2.73 bits per heavy atom. The molecule has 1 radical (unpaired) electrons. The molecule has 0 unspecified atom stereocenters. The molecule has 0 amide bonds. The maximum absolute atomic E-state index is 4.23. The molecule has 0 saturated carbocycles. The first-order chi connectivity index (χ1) is 6.42. The first-order valence-corrected chi connectivity index (χ1v) is 5.64. The zero-order chi connectivity index (χ0) is 9.10. The van der Waals surface area contributed by atoms with E-state index in [2.05, 4.69) is 13.7 Å². The third-order valence-corrected chi connectivity index (χ3v) is 2.90. The van der Waals surface area contributed by atoms with Crippen LogP contribution in [0.2, 0.25) is 0 Å². The van der Waals surface area contributed by atoms with Crippen LogP contribution in [0.25, 0.3) is 11.3 Å². The summed E-state index contributed by atoms with van der Waals surface area (Å²) in [6, 6.07) is 3.89. The van der Waals surface area contributed by atoms with E-state index >= 15 is 0 Å². The van der Waals surface area contributed by atoms with Crippen LogP contribution in [0.15, 0.2) is 29.6 Å². The van der Waals surface area contributed by atoms with Crippen LogP contribution in [0, 0.1) is 0 Å². The van der Waals surface area contributed by atoms with Gasteiger partial charge in [0.15, 0.2) is 0 Å². The van der Waals surface area contributed by atoms with Gasteiger partial charge in [0.1, 0.15) is 10.7 Å². The van der Waals surface area contributed by atoms with E-state index in [1.807, 2.05) is 18.4 Å². The van der Waals surface area contributed by atoms with E-state index in [1.54, 1.807) is 24.2 Å². The van der Waals surface area contributed by atoms with Crippen LogP contribution in [0.1, 0.15) is 0 Å². The maximum Gasteiger partial charge on any atom is 0.138 e. The summed E-state index contributed by atoms with van der Waals surface area (Å²) in [6.07, 6.45) is 5.55. The minimum Gasteiger partial charge on any atom is -0.264 e. The normalized spacial score (nSPS) is 8.87. The van der Waals surface area contributed by atoms with Gasteiger partial charge in [0, 0.05) is 47.5 Å². The molecule has 0 atom stereocenters. The van der Waals surface area contributed by atoms with Crippen molar-refractivity contribution < 1.29 is 0 Å². The summed E-state index contributed by atoms with van der Waals surface area (Å²) in [6.45, 7) is 0. The van der Waals surface area contributed by atoms with Crippen molar-refractivity contribution in [3.8, 4) is 11.3 Å². The molecule has 3 nitrogen and oxygen atoms in total. The van der Waals surface area contributed by atoms with Gasteiger partial charge in [0.25, 0.3) is 0 Å². The summed E-state index contributed by atoms with van der Waals surface area (Å²) in [7, 11) is 0. The molecule has 0 aliphatic rings. The fourth-order valence-electron chi connectivity index (χ4n) is 0.994. The molecular formula is C8H9N3NaS3. The van der Waals surface area contributed by atoms with E-state index in [-0.39, 0.29) is 43.1 Å². The van der Waals surface area contributed by atoms with Crippen molar-refractivity contribution in [1.29, 1.82) is 0 Å². The van der Waals surface area contributed by atoms with Crippen LogP contribution >= 0.6 is 37.0 Å². The Bertz CT molecular complexity index is 393. The fourth-order valence-corrected chi connectivity index (χ4v) is 2.28. The molecule has 2 rings (SSSR count). The molecule has 0 bridgehead atoms. The number of pyridine rings is 1. The van der Waals surface area contributed by atoms with Gasteiger partial charge in [-0.25, -0.2) is 0 Å². The molecular weight excluding hydrogens is 257 g/mol. The van der Waals surface area contributed by atoms with E-state index in [0.29, 0.717) is 0 Å². The van der Waals surface area contributed by atoms with Gasteiger partial charge in [-0.2, -0.15) is 22.2 Å². The minimum atomic E-state index is 0. The molecule has 2 heterocycles. The molecule has 0 aliphatic carbocycles. The van der Waals surface area contributed by atoms with Gasteiger partial charge in [-0.05, 0) is 18.4 Å². The Labute approximate surface area is 126 Å². The van der Waals surface area contributed by atoms with E-state index in [9.17, 15) is 0 Å². The third kappa shape index (κ3) is 3.72. The molecule has 0 aromatic carbocycles. The monoisotopic (exact) mass is 266 g/mol. The second-order valence-electron chi connectivity index (χ2n) is 2.36. The number of hydrogen-bond donors (Lipinski definition) is 0. The van der Waals surface area contributed by atoms with Crippen molar-refractivity contribution in [3.63, 3.8) is 0 Å². The van der Waals surface area contributed by atoms with Crippen molar-refractivity contribution in [1.82, 2.24) is 13.7 Å². The second kappa shape index (κ2) is 7.65. The first kappa shape index (κ1) is 15.4. The predicted molar refractivity (Wildman–Crippen MR) is 71.1 cm³/mol. The van der Waals surface area contributed by atoms with Gasteiger partial charge in [-0.3, -0.25) is 4.98 Å². The summed E-state index contributed by atoms with van der Waals surface area (Å²) in [5.41, 5.74) is 1.96. The molecule has 75 valence electrons. The topological polar surface area (TPSA) is 38.7 Å². The van der Waals surface area contributed by atoms with Crippen molar-refractivity contribution in [3.05, 3.63) is 24.5 Å². The molecule has 15 heavy (non-hydrogen) atoms. The summed E-state index contributed by atoms with van der Waals surface area (Å²) in [4.78, 5) is 4.04. The second-order valence-corrected chi connectivity index (χ2v) is 3.69. The smallest absolute Gasteiger partial charge is 0.138 e. The van der Waals surface area contributed by atoms with Crippen molar-refractivity contribution in [2.75, 3.05) is 6.26 Å². The zero-order valence-corrected chi connectivity index (χ0v) is 13.1. The van der Waals surface area contributed by atoms with Crippen LogP contribution in [-0.4, -0.2) is 49.5 Å². The van der Waals surface area contributed by atoms with Gasteiger partial charge < -0.3 is 0 Å². The predicted octanol–water partition coefficient (Wildman–Crippen LogP) is 2.05. The zero-order valence-electron chi connectivity index (χ0n) is 8.47. The third-order valence-electron chi connectivity index (χ3n) is 1.59. The summed E-state index contributed by atoms with van der Waals surface area (Å²) in [5.74, 6) is 0. The fraction of sp³-hybridized carbons (Fsp3) is 0.125. The SMILES string of the molecule is CSc1nsnc1-c1cccnc1.S.[Na]. The van der Waals surface area contributed by atoms with Crippen LogP contribution < -0.4 is 0 Å². The summed E-state index contributed by atoms with van der Waals surface area (Å²) in [5, 5.41) is 0.970. The number of rotatable bonds is 2. The maximum atomic E-state index is 4.23. The molecule has 0 aliphatic heterocycles. The number of nitrogens with zero attached hydrogens (tertiary/aromatic N) is 3. The van der Waals surface area contributed by atoms with Gasteiger partial charge in [-0.1, -0.05) is 0 Å². The average Bonchev–Trinajstić information content (AvgIpc) is 2.67. The Kier molecular flexibility index (Phi) is 7.85. The number of hydrogen-bond acceptors (Lipinski definition) is 5. The largest absolute Gasteiger partial charge is 0.264 e. The van der Waals surface area contributed by atoms with E-state index in [1.165, 1.54) is 11.7 Å². The van der Waals surface area contributed by atoms with E-state index < -0.39 is 0 Å². The van der Waals surface area contributed by atoms with E-state index in [0.717, 1.165) is 16.3 Å². The van der Waals surface area contributed by atoms with Crippen LogP contribution in [0.5, 0.6) is 0 Å². The van der Waals surface area contributed by atoms with Crippen LogP contribution in [-0.2, 0) is 0 Å². The molecule has 0 fully saturated rings. The van der Waals surface area contributed by atoms with Crippen molar-refractivity contribution in [2.45, 2.75) is 5.03 Å². The average molecular weight is 266 g/mol. The van der Waals surface area contributed by atoms with Crippen LogP contribution in [0.4, 0.5) is 0 Å². The van der Waals surface area contributed by atoms with Gasteiger partial charge in [-0.15, -0.1) is 11.8 Å². The molecule has 0 N–H and O–H groups in total. The van der Waals surface area contributed by atoms with Crippen molar-refractivity contribution in [2.24, 2.45) is 0 Å². The Balaban J connectivity index is 0.000000980. The molecule has 0 spiro atoms. The standard InChI is InChI=1S/C8H7N3S2.Na.H2S/c1-12-8-7(10-13-11-8)6-3-2-4-9-5-6;;/h2-5H,1H3;;1H2. The van der Waals surface area contributed by atoms with Gasteiger partial charge >= 0.3 is 0 Å². The molecule has 2 aromatic heterocycles. The van der Waals surface area contributed by atoms with Gasteiger partial charge in [0.05, 0.1) is 11.7 Å². The molecule has 0 saturated heterocycles. The van der Waals surface area contributed by atoms with Crippen LogP contribution in [0.3, 0.4) is 0 Å². The van der Waals surface area contributed by atoms with E-state index in [4.69, 9.17) is 0 Å². The Morgan fingerprint density at radius 1 is 1.33 bits per heavy atom. The minimum absolute atomic E-state index is 0. The van der Waals surface area contributed by atoms with Gasteiger partial charge in [0.2, 0.25) is 0 Å².